The summed E-state index contributed by atoms with van der Waals surface area (Å²) in [5.74, 6) is 1.75. The molecule has 31 heavy (non-hydrogen) atoms. The lowest BCUT2D eigenvalue weighted by molar-refractivity contribution is -0.113. The predicted octanol–water partition coefficient (Wildman–Crippen LogP) is 5.35. The summed E-state index contributed by atoms with van der Waals surface area (Å²) in [6.45, 7) is 11.0. The number of thioether (sulfide) groups is 1. The number of anilines is 1. The van der Waals surface area contributed by atoms with E-state index in [2.05, 4.69) is 42.4 Å². The quantitative estimate of drug-likeness (QED) is 0.456. The van der Waals surface area contributed by atoms with Gasteiger partial charge in [-0.15, -0.1) is 10.2 Å². The summed E-state index contributed by atoms with van der Waals surface area (Å²) < 4.78 is 8.10. The van der Waals surface area contributed by atoms with E-state index in [4.69, 9.17) is 4.74 Å². The van der Waals surface area contributed by atoms with Crippen molar-refractivity contribution < 1.29 is 9.53 Å². The van der Waals surface area contributed by atoms with Gasteiger partial charge in [0, 0.05) is 12.2 Å². The highest BCUT2D eigenvalue weighted by molar-refractivity contribution is 7.99. The first kappa shape index (κ1) is 22.9. The Labute approximate surface area is 188 Å². The molecule has 1 amide bonds. The summed E-state index contributed by atoms with van der Waals surface area (Å²) in [5, 5.41) is 12.3. The molecule has 2 aromatic carbocycles. The Morgan fingerprint density at radius 2 is 1.84 bits per heavy atom. The van der Waals surface area contributed by atoms with Crippen LogP contribution in [0, 0.1) is 13.8 Å². The second kappa shape index (κ2) is 10.5. The minimum atomic E-state index is -0.255. The lowest BCUT2D eigenvalue weighted by atomic mass is 10.1. The van der Waals surface area contributed by atoms with Crippen molar-refractivity contribution in [3.8, 4) is 5.75 Å². The standard InChI is InChI=1S/C24H30N4O2S/c1-6-19-9-11-20(12-10-19)25-22(29)15-31-24-27-26-23(28(24)7-2)18(5)30-21-13-8-16(3)17(4)14-21/h8-14,18H,6-7,15H2,1-5H3,(H,25,29). The third-order valence-electron chi connectivity index (χ3n) is 5.19. The average Bonchev–Trinajstić information content (AvgIpc) is 3.18. The fourth-order valence-electron chi connectivity index (χ4n) is 3.20. The van der Waals surface area contributed by atoms with Crippen LogP contribution in [0.2, 0.25) is 0 Å². The average molecular weight is 439 g/mol. The Bertz CT molecular complexity index is 1030. The second-order valence-electron chi connectivity index (χ2n) is 7.48. The summed E-state index contributed by atoms with van der Waals surface area (Å²) in [7, 11) is 0. The number of hydrogen-bond donors (Lipinski definition) is 1. The van der Waals surface area contributed by atoms with Gasteiger partial charge in [0.25, 0.3) is 0 Å². The zero-order valence-corrected chi connectivity index (χ0v) is 19.6. The van der Waals surface area contributed by atoms with Gasteiger partial charge in [0.15, 0.2) is 17.1 Å². The monoisotopic (exact) mass is 438 g/mol. The maximum Gasteiger partial charge on any atom is 0.234 e. The first-order valence-electron chi connectivity index (χ1n) is 10.6. The molecule has 7 heteroatoms. The van der Waals surface area contributed by atoms with E-state index in [-0.39, 0.29) is 17.8 Å². The molecule has 0 radical (unpaired) electrons. The van der Waals surface area contributed by atoms with Crippen LogP contribution in [0.3, 0.4) is 0 Å². The molecule has 0 saturated carbocycles. The number of ether oxygens (including phenoxy) is 1. The first-order chi connectivity index (χ1) is 14.9. The molecule has 0 aliphatic heterocycles. The molecule has 1 heterocycles. The lowest BCUT2D eigenvalue weighted by Crippen LogP contribution is -2.15. The molecule has 6 nitrogen and oxygen atoms in total. The Balaban J connectivity index is 1.62. The Morgan fingerprint density at radius 3 is 2.48 bits per heavy atom. The highest BCUT2D eigenvalue weighted by Gasteiger charge is 2.19. The lowest BCUT2D eigenvalue weighted by Gasteiger charge is -2.16. The molecule has 0 spiro atoms. The van der Waals surface area contributed by atoms with E-state index >= 15 is 0 Å². The van der Waals surface area contributed by atoms with E-state index in [1.54, 1.807) is 0 Å². The molecule has 0 aliphatic carbocycles. The van der Waals surface area contributed by atoms with Gasteiger partial charge in [-0.1, -0.05) is 36.9 Å². The molecule has 1 unspecified atom stereocenters. The van der Waals surface area contributed by atoms with Gasteiger partial charge >= 0.3 is 0 Å². The molecule has 164 valence electrons. The number of nitrogens with zero attached hydrogens (tertiary/aromatic N) is 3. The second-order valence-corrected chi connectivity index (χ2v) is 8.42. The van der Waals surface area contributed by atoms with E-state index in [1.807, 2.05) is 54.8 Å². The van der Waals surface area contributed by atoms with Gasteiger partial charge < -0.3 is 14.6 Å². The van der Waals surface area contributed by atoms with Crippen molar-refractivity contribution in [1.29, 1.82) is 0 Å². The fraction of sp³-hybridized carbons (Fsp3) is 0.375. The molecule has 0 bridgehead atoms. The maximum atomic E-state index is 12.4. The van der Waals surface area contributed by atoms with Crippen LogP contribution >= 0.6 is 11.8 Å². The summed E-state index contributed by atoms with van der Waals surface area (Å²) in [6, 6.07) is 14.0. The largest absolute Gasteiger partial charge is 0.483 e. The van der Waals surface area contributed by atoms with Crippen molar-refractivity contribution in [2.45, 2.75) is 58.8 Å². The maximum absolute atomic E-state index is 12.4. The van der Waals surface area contributed by atoms with Crippen molar-refractivity contribution in [2.75, 3.05) is 11.1 Å². The third kappa shape index (κ3) is 5.88. The molecule has 1 aromatic heterocycles. The number of aromatic nitrogens is 3. The van der Waals surface area contributed by atoms with Gasteiger partial charge in [-0.25, -0.2) is 0 Å². The Morgan fingerprint density at radius 1 is 1.10 bits per heavy atom. The number of rotatable bonds is 9. The number of carbonyl (C=O) groups is 1. The first-order valence-corrected chi connectivity index (χ1v) is 11.6. The van der Waals surface area contributed by atoms with Crippen LogP contribution in [0.25, 0.3) is 0 Å². The van der Waals surface area contributed by atoms with Gasteiger partial charge in [-0.2, -0.15) is 0 Å². The molecular weight excluding hydrogens is 408 g/mol. The van der Waals surface area contributed by atoms with Crippen LogP contribution < -0.4 is 10.1 Å². The SMILES string of the molecule is CCc1ccc(NC(=O)CSc2nnc(C(C)Oc3ccc(C)c(C)c3)n2CC)cc1. The van der Waals surface area contributed by atoms with Crippen LogP contribution in [0.5, 0.6) is 5.75 Å². The van der Waals surface area contributed by atoms with Crippen LogP contribution in [0.15, 0.2) is 47.6 Å². The van der Waals surface area contributed by atoms with E-state index in [0.29, 0.717) is 11.7 Å². The number of amides is 1. The van der Waals surface area contributed by atoms with Crippen molar-refractivity contribution in [1.82, 2.24) is 14.8 Å². The summed E-state index contributed by atoms with van der Waals surface area (Å²) in [4.78, 5) is 12.4. The normalized spacial score (nSPS) is 11.9. The van der Waals surface area contributed by atoms with Gasteiger partial charge in [0.1, 0.15) is 5.75 Å². The highest BCUT2D eigenvalue weighted by Crippen LogP contribution is 2.26. The van der Waals surface area contributed by atoms with Crippen molar-refractivity contribution >= 4 is 23.4 Å². The van der Waals surface area contributed by atoms with Crippen molar-refractivity contribution in [3.05, 3.63) is 65.0 Å². The number of aryl methyl sites for hydroxylation is 3. The molecule has 3 rings (SSSR count). The topological polar surface area (TPSA) is 69.0 Å². The van der Waals surface area contributed by atoms with Gasteiger partial charge in [0.2, 0.25) is 5.91 Å². The van der Waals surface area contributed by atoms with Crippen LogP contribution in [0.4, 0.5) is 5.69 Å². The minimum absolute atomic E-state index is 0.0686. The van der Waals surface area contributed by atoms with E-state index in [0.717, 1.165) is 23.7 Å². The minimum Gasteiger partial charge on any atom is -0.483 e. The molecule has 0 aliphatic rings. The molecule has 1 N–H and O–H groups in total. The summed E-state index contributed by atoms with van der Waals surface area (Å²) in [5.41, 5.74) is 4.46. The molecule has 3 aromatic rings. The van der Waals surface area contributed by atoms with Crippen LogP contribution in [-0.2, 0) is 17.8 Å². The van der Waals surface area contributed by atoms with Gasteiger partial charge in [0.05, 0.1) is 5.75 Å². The fourth-order valence-corrected chi connectivity index (χ4v) is 4.01. The number of benzene rings is 2. The number of nitrogens with one attached hydrogen (secondary N) is 1. The van der Waals surface area contributed by atoms with Gasteiger partial charge in [-0.05, 0) is 75.1 Å². The van der Waals surface area contributed by atoms with Crippen molar-refractivity contribution in [2.24, 2.45) is 0 Å². The zero-order valence-electron chi connectivity index (χ0n) is 18.8. The number of hydrogen-bond acceptors (Lipinski definition) is 5. The third-order valence-corrected chi connectivity index (χ3v) is 6.16. The van der Waals surface area contributed by atoms with E-state index < -0.39 is 0 Å². The summed E-state index contributed by atoms with van der Waals surface area (Å²) >= 11 is 1.38. The number of carbonyl (C=O) groups excluding carboxylic acids is 1. The van der Waals surface area contributed by atoms with E-state index in [9.17, 15) is 4.79 Å². The highest BCUT2D eigenvalue weighted by atomic mass is 32.2. The van der Waals surface area contributed by atoms with Crippen LogP contribution in [0.1, 0.15) is 49.4 Å². The predicted molar refractivity (Wildman–Crippen MR) is 126 cm³/mol. The molecule has 0 fully saturated rings. The smallest absolute Gasteiger partial charge is 0.234 e. The molecular formula is C24H30N4O2S. The van der Waals surface area contributed by atoms with Gasteiger partial charge in [-0.3, -0.25) is 4.79 Å². The Kier molecular flexibility index (Phi) is 7.74. The molecule has 0 saturated heterocycles. The van der Waals surface area contributed by atoms with E-state index in [1.165, 1.54) is 28.5 Å². The molecule has 1 atom stereocenters. The van der Waals surface area contributed by atoms with Crippen LogP contribution in [-0.4, -0.2) is 26.4 Å². The Hall–Kier alpha value is -2.80. The summed E-state index contributed by atoms with van der Waals surface area (Å²) in [6.07, 6.45) is 0.722. The van der Waals surface area contributed by atoms with Crippen molar-refractivity contribution in [3.63, 3.8) is 0 Å². The zero-order chi connectivity index (χ0) is 22.4.